The zero-order valence-corrected chi connectivity index (χ0v) is 16.0. The van der Waals surface area contributed by atoms with Crippen LogP contribution in [-0.2, 0) is 10.0 Å². The van der Waals surface area contributed by atoms with Crippen molar-refractivity contribution in [2.75, 3.05) is 18.4 Å². The van der Waals surface area contributed by atoms with Crippen molar-refractivity contribution in [3.05, 3.63) is 54.2 Å². The first-order valence-corrected chi connectivity index (χ1v) is 10.3. The highest BCUT2D eigenvalue weighted by atomic mass is 32.2. The molecule has 146 valence electrons. The minimum Gasteiger partial charge on any atom is -0.455 e. The minimum absolute atomic E-state index is 0.0316. The number of furan rings is 1. The highest BCUT2D eigenvalue weighted by molar-refractivity contribution is 7.89. The molecule has 9 nitrogen and oxygen atoms in total. The predicted molar refractivity (Wildman–Crippen MR) is 101 cm³/mol. The first-order chi connectivity index (χ1) is 13.5. The predicted octanol–water partition coefficient (Wildman–Crippen LogP) is 2.21. The average Bonchev–Trinajstić information content (AvgIpc) is 3.43. The Morgan fingerprint density at radius 1 is 1.21 bits per heavy atom. The maximum Gasteiger partial charge on any atom is 0.291 e. The van der Waals surface area contributed by atoms with E-state index in [2.05, 4.69) is 15.6 Å². The highest BCUT2D eigenvalue weighted by Gasteiger charge is 2.31. The molecule has 1 aromatic carbocycles. The molecule has 0 bridgehead atoms. The van der Waals surface area contributed by atoms with Gasteiger partial charge in [0.15, 0.2) is 5.76 Å². The van der Waals surface area contributed by atoms with Gasteiger partial charge in [0, 0.05) is 19.2 Å². The van der Waals surface area contributed by atoms with Gasteiger partial charge in [0.05, 0.1) is 23.8 Å². The quantitative estimate of drug-likeness (QED) is 0.702. The SMILES string of the molecule is Cc1oc(C(=O)Nc2ccccc2-n2ccnn2)cc1S(=O)(=O)N1CCCC1. The molecule has 0 unspecified atom stereocenters. The van der Waals surface area contributed by atoms with Crippen molar-refractivity contribution in [1.82, 2.24) is 19.3 Å². The normalized spacial score (nSPS) is 15.0. The molecule has 2 aromatic heterocycles. The van der Waals surface area contributed by atoms with Crippen LogP contribution in [0.4, 0.5) is 5.69 Å². The minimum atomic E-state index is -3.66. The molecule has 1 saturated heterocycles. The van der Waals surface area contributed by atoms with Gasteiger partial charge < -0.3 is 9.73 Å². The number of nitrogens with zero attached hydrogens (tertiary/aromatic N) is 4. The molecule has 28 heavy (non-hydrogen) atoms. The lowest BCUT2D eigenvalue weighted by Gasteiger charge is -2.14. The lowest BCUT2D eigenvalue weighted by molar-refractivity contribution is 0.0995. The number of aryl methyl sites for hydroxylation is 1. The number of carbonyl (C=O) groups is 1. The molecular weight excluding hydrogens is 382 g/mol. The van der Waals surface area contributed by atoms with E-state index in [4.69, 9.17) is 4.42 Å². The Balaban J connectivity index is 1.61. The van der Waals surface area contributed by atoms with Gasteiger partial charge >= 0.3 is 0 Å². The summed E-state index contributed by atoms with van der Waals surface area (Å²) >= 11 is 0. The van der Waals surface area contributed by atoms with E-state index in [1.165, 1.54) is 21.3 Å². The number of nitrogens with one attached hydrogen (secondary N) is 1. The van der Waals surface area contributed by atoms with Crippen molar-refractivity contribution in [3.63, 3.8) is 0 Å². The zero-order valence-electron chi connectivity index (χ0n) is 15.2. The summed E-state index contributed by atoms with van der Waals surface area (Å²) in [6.07, 6.45) is 4.86. The molecular formula is C18H19N5O4S. The number of aromatic nitrogens is 3. The second-order valence-corrected chi connectivity index (χ2v) is 8.37. The second-order valence-electron chi connectivity index (χ2n) is 6.46. The van der Waals surface area contributed by atoms with Crippen LogP contribution in [-0.4, -0.2) is 46.7 Å². The third kappa shape index (κ3) is 3.32. The molecule has 3 heterocycles. The fraction of sp³-hybridized carbons (Fsp3) is 0.278. The van der Waals surface area contributed by atoms with Crippen LogP contribution < -0.4 is 5.32 Å². The van der Waals surface area contributed by atoms with Crippen molar-refractivity contribution < 1.29 is 17.6 Å². The molecule has 0 radical (unpaired) electrons. The fourth-order valence-corrected chi connectivity index (χ4v) is 4.88. The van der Waals surface area contributed by atoms with Crippen molar-refractivity contribution in [2.24, 2.45) is 0 Å². The molecule has 0 saturated carbocycles. The summed E-state index contributed by atoms with van der Waals surface area (Å²) in [5.41, 5.74) is 1.12. The number of carbonyl (C=O) groups excluding carboxylic acids is 1. The number of sulfonamides is 1. The molecule has 1 N–H and O–H groups in total. The van der Waals surface area contributed by atoms with Gasteiger partial charge in [0.2, 0.25) is 10.0 Å². The third-order valence-electron chi connectivity index (χ3n) is 4.60. The van der Waals surface area contributed by atoms with E-state index < -0.39 is 15.9 Å². The molecule has 3 aromatic rings. The van der Waals surface area contributed by atoms with Crippen LogP contribution in [0.15, 0.2) is 52.0 Å². The Kier molecular flexibility index (Phi) is 4.73. The van der Waals surface area contributed by atoms with Gasteiger partial charge in [-0.15, -0.1) is 5.10 Å². The third-order valence-corrected chi connectivity index (χ3v) is 6.61. The van der Waals surface area contributed by atoms with Gasteiger partial charge in [-0.1, -0.05) is 17.3 Å². The maximum absolute atomic E-state index is 12.8. The van der Waals surface area contributed by atoms with Crippen molar-refractivity contribution >= 4 is 21.6 Å². The van der Waals surface area contributed by atoms with E-state index >= 15 is 0 Å². The van der Waals surface area contributed by atoms with Crippen LogP contribution in [0.1, 0.15) is 29.2 Å². The summed E-state index contributed by atoms with van der Waals surface area (Å²) in [5.74, 6) is -0.413. The fourth-order valence-electron chi connectivity index (χ4n) is 3.20. The molecule has 1 aliphatic rings. The smallest absolute Gasteiger partial charge is 0.291 e. The second kappa shape index (κ2) is 7.21. The average molecular weight is 401 g/mol. The van der Waals surface area contributed by atoms with Crippen LogP contribution in [0.2, 0.25) is 0 Å². The van der Waals surface area contributed by atoms with Gasteiger partial charge in [-0.3, -0.25) is 4.79 Å². The van der Waals surface area contributed by atoms with E-state index in [1.54, 1.807) is 31.3 Å². The summed E-state index contributed by atoms with van der Waals surface area (Å²) in [6, 6.07) is 8.36. The van der Waals surface area contributed by atoms with Crippen LogP contribution in [0.25, 0.3) is 5.69 Å². The standard InChI is InChI=1S/C18H19N5O4S/c1-13-17(28(25,26)22-9-4-5-10-22)12-16(27-13)18(24)20-14-6-2-3-7-15(14)23-11-8-19-21-23/h2-3,6-8,11-12H,4-5,9-10H2,1H3,(H,20,24). The summed E-state index contributed by atoms with van der Waals surface area (Å²) in [7, 11) is -3.66. The summed E-state index contributed by atoms with van der Waals surface area (Å²) in [6.45, 7) is 2.52. The summed E-state index contributed by atoms with van der Waals surface area (Å²) in [4.78, 5) is 12.7. The maximum atomic E-state index is 12.8. The van der Waals surface area contributed by atoms with Gasteiger partial charge in [-0.25, -0.2) is 13.1 Å². The molecule has 4 rings (SSSR count). The first kappa shape index (κ1) is 18.4. The van der Waals surface area contributed by atoms with Crippen LogP contribution in [0.5, 0.6) is 0 Å². The Hall–Kier alpha value is -2.98. The lowest BCUT2D eigenvalue weighted by atomic mass is 10.2. The number of para-hydroxylation sites is 2. The summed E-state index contributed by atoms with van der Waals surface area (Å²) in [5, 5.41) is 10.4. The van der Waals surface area contributed by atoms with Crippen LogP contribution in [0.3, 0.4) is 0 Å². The Bertz CT molecular complexity index is 1100. The molecule has 0 atom stereocenters. The molecule has 1 amide bonds. The van der Waals surface area contributed by atoms with Gasteiger partial charge in [-0.05, 0) is 31.9 Å². The van der Waals surface area contributed by atoms with Crippen molar-refractivity contribution in [1.29, 1.82) is 0 Å². The molecule has 1 fully saturated rings. The number of anilines is 1. The molecule has 10 heteroatoms. The van der Waals surface area contributed by atoms with Crippen molar-refractivity contribution in [3.8, 4) is 5.69 Å². The number of rotatable bonds is 5. The van der Waals surface area contributed by atoms with Gasteiger partial charge in [0.25, 0.3) is 5.91 Å². The van der Waals surface area contributed by atoms with E-state index in [9.17, 15) is 13.2 Å². The van der Waals surface area contributed by atoms with Crippen molar-refractivity contribution in [2.45, 2.75) is 24.7 Å². The topological polar surface area (TPSA) is 110 Å². The molecule has 0 aliphatic carbocycles. The van der Waals surface area contributed by atoms with Crippen LogP contribution >= 0.6 is 0 Å². The van der Waals surface area contributed by atoms with Crippen LogP contribution in [0, 0.1) is 6.92 Å². The Morgan fingerprint density at radius 2 is 1.96 bits per heavy atom. The highest BCUT2D eigenvalue weighted by Crippen LogP contribution is 2.27. The van der Waals surface area contributed by atoms with E-state index in [-0.39, 0.29) is 16.4 Å². The molecule has 1 aliphatic heterocycles. The number of amides is 1. The van der Waals surface area contributed by atoms with E-state index in [0.717, 1.165) is 12.8 Å². The number of hydrogen-bond donors (Lipinski definition) is 1. The Morgan fingerprint density at radius 3 is 2.68 bits per heavy atom. The monoisotopic (exact) mass is 401 g/mol. The Labute approximate surface area is 162 Å². The number of hydrogen-bond acceptors (Lipinski definition) is 6. The number of benzene rings is 1. The molecule has 0 spiro atoms. The lowest BCUT2D eigenvalue weighted by Crippen LogP contribution is -2.28. The largest absolute Gasteiger partial charge is 0.455 e. The van der Waals surface area contributed by atoms with Gasteiger partial charge in [0.1, 0.15) is 10.7 Å². The van der Waals surface area contributed by atoms with Gasteiger partial charge in [-0.2, -0.15) is 4.31 Å². The zero-order chi connectivity index (χ0) is 19.7. The van der Waals surface area contributed by atoms with E-state index in [1.807, 2.05) is 6.07 Å². The first-order valence-electron chi connectivity index (χ1n) is 8.84. The summed E-state index contributed by atoms with van der Waals surface area (Å²) < 4.78 is 34.0. The van der Waals surface area contributed by atoms with E-state index in [0.29, 0.717) is 24.5 Å².